The van der Waals surface area contributed by atoms with Crippen molar-refractivity contribution in [2.75, 3.05) is 137 Å². The number of carbonyl (C=O) groups excluding carboxylic acids is 8. The zero-order valence-corrected chi connectivity index (χ0v) is 52.8. The molecule has 0 spiro atoms. The summed E-state index contributed by atoms with van der Waals surface area (Å²) in [5.41, 5.74) is -2.97. The maximum Gasteiger partial charge on any atom is 0.345 e. The van der Waals surface area contributed by atoms with Gasteiger partial charge in [-0.15, -0.1) is 0 Å². The summed E-state index contributed by atoms with van der Waals surface area (Å²) >= 11 is 0. The Morgan fingerprint density at radius 2 is 0.548 bits per heavy atom. The van der Waals surface area contributed by atoms with Gasteiger partial charge < -0.3 is 122 Å². The van der Waals surface area contributed by atoms with Crippen LogP contribution in [0.1, 0.15) is 93.9 Å². The van der Waals surface area contributed by atoms with Crippen LogP contribution in [0.4, 0.5) is 0 Å². The fourth-order valence-corrected chi connectivity index (χ4v) is 3.92. The number of aliphatic carboxylic acids is 7. The standard InChI is InChI=1S/C6H8O7.4C6H10O4.4C5H14NO.CH2O2/c7-3(8)1-6(13,5(11)12)2-4(9)10;4*1-3-5(6(8)9)10-4(2)7;4*1-6(2,3)4-5-7;2-1-3/h13H,1-2H2,(H,7,8)(H,9,10)(H,11,12);4*5H,3H2,1-2H3,(H,8,9);4*7H,4-5H2,1-3H3;1H,(H,2,3)/q;;;;;4*+1;/p-4. The van der Waals surface area contributed by atoms with Crippen molar-refractivity contribution in [1.82, 2.24) is 0 Å². The molecule has 500 valence electrons. The molecule has 84 heavy (non-hydrogen) atoms. The van der Waals surface area contributed by atoms with Gasteiger partial charge in [-0.05, 0) is 25.7 Å². The van der Waals surface area contributed by atoms with Gasteiger partial charge >= 0.3 is 47.8 Å². The normalized spacial score (nSPS) is 11.6. The Morgan fingerprint density at radius 1 is 0.405 bits per heavy atom. The van der Waals surface area contributed by atoms with Gasteiger partial charge in [-0.3, -0.25) is 19.2 Å². The zero-order valence-electron chi connectivity index (χ0n) is 52.8. The Kier molecular flexibility index (Phi) is 67.1. The highest BCUT2D eigenvalue weighted by Crippen LogP contribution is 2.13. The summed E-state index contributed by atoms with van der Waals surface area (Å²) in [5, 5.41) is 114. The number of nitrogens with zero attached hydrogens (tertiary/aromatic N) is 4. The van der Waals surface area contributed by atoms with Crippen LogP contribution >= 0.6 is 0 Å². The van der Waals surface area contributed by atoms with Crippen LogP contribution in [0.3, 0.4) is 0 Å². The third-order valence-corrected chi connectivity index (χ3v) is 8.15. The van der Waals surface area contributed by atoms with Crippen LogP contribution in [0.2, 0.25) is 0 Å². The summed E-state index contributed by atoms with van der Waals surface area (Å²) in [6.07, 6.45) is -5.47. The molecule has 0 aromatic carbocycles. The average molecular weight is 1240 g/mol. The maximum absolute atomic E-state index is 10.2. The van der Waals surface area contributed by atoms with E-state index in [4.69, 9.17) is 55.9 Å². The van der Waals surface area contributed by atoms with Crippen molar-refractivity contribution in [2.24, 2.45) is 0 Å². The Bertz CT molecular complexity index is 1610. The van der Waals surface area contributed by atoms with E-state index < -0.39 is 115 Å². The topological polar surface area (TPSA) is 516 Å². The summed E-state index contributed by atoms with van der Waals surface area (Å²) < 4.78 is 21.1. The summed E-state index contributed by atoms with van der Waals surface area (Å²) in [6.45, 7) is 15.3. The number of likely N-dealkylation sites (N-methyl/N-ethyl adjacent to an activating group) is 4. The van der Waals surface area contributed by atoms with Crippen LogP contribution in [0, 0.1) is 0 Å². The number of carbonyl (C=O) groups is 12. The molecule has 0 saturated carbocycles. The molecule has 4 atom stereocenters. The predicted octanol–water partition coefficient (Wildman–Crippen LogP) is -6.50. The monoisotopic (exact) mass is 1230 g/mol. The van der Waals surface area contributed by atoms with Crippen molar-refractivity contribution < 1.29 is 161 Å². The van der Waals surface area contributed by atoms with Crippen molar-refractivity contribution in [1.29, 1.82) is 0 Å². The van der Waals surface area contributed by atoms with E-state index in [1.807, 2.05) is 0 Å². The van der Waals surface area contributed by atoms with Crippen molar-refractivity contribution in [3.05, 3.63) is 0 Å². The van der Waals surface area contributed by atoms with E-state index in [2.05, 4.69) is 104 Å². The highest BCUT2D eigenvalue weighted by molar-refractivity contribution is 5.86. The molecule has 0 aromatic rings. The van der Waals surface area contributed by atoms with E-state index in [1.165, 1.54) is 27.7 Å². The SMILES string of the molecule is CCC(OC(C)=O)C(=O)O.CCC(OC(C)=O)C(=O)O.CCC(OC(C)=O)C(=O)O.CCC(OC(C)=O)C(=O)O.C[N+](C)(C)CCO.C[N+](C)(C)CCO.C[N+](C)(C)CCO.C[N+](C)(C)CCO.O=C([O-])CC(O)(CC(=O)[O-])C(=O)[O-].O=C[O-]. The molecule has 0 saturated heterocycles. The highest BCUT2D eigenvalue weighted by atomic mass is 16.6. The zero-order chi connectivity index (χ0) is 69.6. The summed E-state index contributed by atoms with van der Waals surface area (Å²) in [5.74, 6) is -12.6. The number of carboxylic acids is 7. The van der Waals surface area contributed by atoms with Crippen LogP contribution in [0.15, 0.2) is 0 Å². The first kappa shape index (κ1) is 99.3. The lowest BCUT2D eigenvalue weighted by Gasteiger charge is -2.29. The molecule has 33 nitrogen and oxygen atoms in total. The van der Waals surface area contributed by atoms with E-state index in [0.717, 1.165) is 44.1 Å². The minimum absolute atomic E-state index is 0.281. The first-order chi connectivity index (χ1) is 37.7. The van der Waals surface area contributed by atoms with Crippen molar-refractivity contribution >= 4 is 72.1 Å². The predicted molar refractivity (Wildman–Crippen MR) is 289 cm³/mol. The molecular weight excluding hydrogens is 1130 g/mol. The third-order valence-electron chi connectivity index (χ3n) is 8.15. The molecule has 0 aliphatic rings. The van der Waals surface area contributed by atoms with Crippen LogP contribution in [0.25, 0.3) is 0 Å². The van der Waals surface area contributed by atoms with Crippen molar-refractivity contribution in [3.63, 3.8) is 0 Å². The number of hydrogen-bond donors (Lipinski definition) is 9. The Hall–Kier alpha value is -6.72. The molecule has 0 fully saturated rings. The van der Waals surface area contributed by atoms with Crippen LogP contribution in [-0.2, 0) is 76.5 Å². The second-order valence-corrected chi connectivity index (χ2v) is 20.8. The number of esters is 4. The van der Waals surface area contributed by atoms with E-state index in [-0.39, 0.29) is 26.4 Å². The first-order valence-corrected chi connectivity index (χ1v) is 25.4. The average Bonchev–Trinajstić information content (AvgIpc) is 3.27. The van der Waals surface area contributed by atoms with Gasteiger partial charge in [0.15, 0.2) is 24.4 Å². The van der Waals surface area contributed by atoms with E-state index in [9.17, 15) is 68.1 Å². The van der Waals surface area contributed by atoms with Gasteiger partial charge in [0.2, 0.25) is 0 Å². The third kappa shape index (κ3) is 97.5. The van der Waals surface area contributed by atoms with Crippen molar-refractivity contribution in [3.8, 4) is 0 Å². The summed E-state index contributed by atoms with van der Waals surface area (Å²) in [6, 6.07) is 0. The number of aliphatic hydroxyl groups is 5. The van der Waals surface area contributed by atoms with Crippen LogP contribution in [-0.4, -0.2) is 303 Å². The summed E-state index contributed by atoms with van der Waals surface area (Å²) in [7, 11) is 24.6. The number of carboxylic acid groups (broad SMARTS) is 8. The number of hydrogen-bond acceptors (Lipinski definition) is 25. The number of aliphatic hydroxyl groups excluding tert-OH is 4. The van der Waals surface area contributed by atoms with E-state index >= 15 is 0 Å². The molecule has 0 aliphatic carbocycles. The fourth-order valence-electron chi connectivity index (χ4n) is 3.92. The molecule has 0 bridgehead atoms. The number of rotatable bonds is 25. The van der Waals surface area contributed by atoms with Crippen LogP contribution < -0.4 is 20.4 Å². The lowest BCUT2D eigenvalue weighted by molar-refractivity contribution is -0.870. The smallest absolute Gasteiger partial charge is 0.345 e. The quantitative estimate of drug-likeness (QED) is 0.0178. The number of quaternary nitrogens is 4. The van der Waals surface area contributed by atoms with Gasteiger partial charge in [0.25, 0.3) is 0 Å². The minimum Gasteiger partial charge on any atom is -0.554 e. The maximum atomic E-state index is 10.2. The molecule has 0 aliphatic heterocycles. The van der Waals surface area contributed by atoms with Crippen molar-refractivity contribution in [2.45, 2.75) is 124 Å². The second kappa shape index (κ2) is 56.7. The minimum atomic E-state index is -2.97. The second-order valence-electron chi connectivity index (χ2n) is 20.8. The molecule has 0 radical (unpaired) electrons. The lowest BCUT2D eigenvalue weighted by Crippen LogP contribution is -2.54. The summed E-state index contributed by atoms with van der Waals surface area (Å²) in [4.78, 5) is 120. The Balaban J connectivity index is -0.0000000917. The van der Waals surface area contributed by atoms with E-state index in [0.29, 0.717) is 25.7 Å². The molecular formula is C51H102N4O29. The number of ether oxygens (including phenoxy) is 4. The lowest BCUT2D eigenvalue weighted by atomic mass is 9.96. The van der Waals surface area contributed by atoms with Gasteiger partial charge in [-0.25, -0.2) is 19.2 Å². The van der Waals surface area contributed by atoms with Gasteiger partial charge in [-0.2, -0.15) is 0 Å². The van der Waals surface area contributed by atoms with Gasteiger partial charge in [0.05, 0.1) is 117 Å². The molecule has 0 rings (SSSR count). The van der Waals surface area contributed by atoms with Crippen LogP contribution in [0.5, 0.6) is 0 Å². The molecule has 33 heteroatoms. The first-order valence-electron chi connectivity index (χ1n) is 25.4. The van der Waals surface area contributed by atoms with Gasteiger partial charge in [0, 0.05) is 58.9 Å². The highest BCUT2D eigenvalue weighted by Gasteiger charge is 2.29. The largest absolute Gasteiger partial charge is 0.554 e. The van der Waals surface area contributed by atoms with Gasteiger partial charge in [0.1, 0.15) is 31.8 Å². The molecule has 9 N–H and O–H groups in total. The van der Waals surface area contributed by atoms with Gasteiger partial charge in [-0.1, -0.05) is 27.7 Å². The Morgan fingerprint density at radius 3 is 0.583 bits per heavy atom. The fraction of sp³-hybridized carbons (Fsp3) is 0.765. The molecule has 0 amide bonds. The molecule has 0 heterocycles. The molecule has 4 unspecified atom stereocenters. The van der Waals surface area contributed by atoms with E-state index in [1.54, 1.807) is 27.7 Å². The Labute approximate surface area is 493 Å². The molecule has 0 aromatic heterocycles.